The number of nitrogens with zero attached hydrogens (tertiary/aromatic N) is 1. The number of fused-ring (bicyclic) bond motifs is 1. The van der Waals surface area contributed by atoms with E-state index >= 15 is 0 Å². The fourth-order valence-electron chi connectivity index (χ4n) is 2.71. The van der Waals surface area contributed by atoms with Gasteiger partial charge < -0.3 is 15.4 Å². The van der Waals surface area contributed by atoms with Crippen molar-refractivity contribution in [3.8, 4) is 5.75 Å². The SMILES string of the molecule is CCOc1ccc2nc(NC(=O)C3(C)CCCNC3)sc2c1.Cl. The van der Waals surface area contributed by atoms with Gasteiger partial charge in [-0.1, -0.05) is 11.3 Å². The highest BCUT2D eigenvalue weighted by Gasteiger charge is 2.35. The maximum atomic E-state index is 12.5. The zero-order valence-corrected chi connectivity index (χ0v) is 15.0. The van der Waals surface area contributed by atoms with Crippen molar-refractivity contribution in [3.63, 3.8) is 0 Å². The molecule has 2 N–H and O–H groups in total. The molecular weight excluding hydrogens is 334 g/mol. The average molecular weight is 356 g/mol. The number of ether oxygens (including phenoxy) is 1. The van der Waals surface area contributed by atoms with Crippen LogP contribution in [0.3, 0.4) is 0 Å². The van der Waals surface area contributed by atoms with E-state index in [1.165, 1.54) is 11.3 Å². The molecule has 1 fully saturated rings. The Hall–Kier alpha value is -1.37. The Labute approximate surface area is 146 Å². The van der Waals surface area contributed by atoms with Gasteiger partial charge in [-0.25, -0.2) is 4.98 Å². The largest absolute Gasteiger partial charge is 0.494 e. The molecule has 23 heavy (non-hydrogen) atoms. The van der Waals surface area contributed by atoms with Gasteiger partial charge >= 0.3 is 0 Å². The first-order valence-corrected chi connectivity index (χ1v) is 8.48. The van der Waals surface area contributed by atoms with Crippen molar-refractivity contribution in [2.45, 2.75) is 26.7 Å². The lowest BCUT2D eigenvalue weighted by Crippen LogP contribution is -2.46. The highest BCUT2D eigenvalue weighted by atomic mass is 35.5. The van der Waals surface area contributed by atoms with Gasteiger partial charge in [0.15, 0.2) is 5.13 Å². The van der Waals surface area contributed by atoms with Crippen LogP contribution < -0.4 is 15.4 Å². The average Bonchev–Trinajstić information content (AvgIpc) is 2.90. The van der Waals surface area contributed by atoms with Gasteiger partial charge in [-0.2, -0.15) is 0 Å². The number of carbonyl (C=O) groups is 1. The molecule has 1 atom stereocenters. The molecule has 0 spiro atoms. The van der Waals surface area contributed by atoms with Crippen LogP contribution in [0.1, 0.15) is 26.7 Å². The normalized spacial score (nSPS) is 20.8. The molecule has 2 aromatic rings. The molecule has 3 rings (SSSR count). The van der Waals surface area contributed by atoms with E-state index in [-0.39, 0.29) is 23.7 Å². The van der Waals surface area contributed by atoms with Gasteiger partial charge in [-0.15, -0.1) is 12.4 Å². The Balaban J connectivity index is 0.00000192. The molecule has 1 unspecified atom stereocenters. The number of carbonyl (C=O) groups excluding carboxylic acids is 1. The fourth-order valence-corrected chi connectivity index (χ4v) is 3.60. The summed E-state index contributed by atoms with van der Waals surface area (Å²) in [6.45, 7) is 6.32. The minimum Gasteiger partial charge on any atom is -0.494 e. The lowest BCUT2D eigenvalue weighted by atomic mass is 9.82. The van der Waals surface area contributed by atoms with Crippen molar-refractivity contribution >= 4 is 45.0 Å². The summed E-state index contributed by atoms with van der Waals surface area (Å²) in [7, 11) is 0. The van der Waals surface area contributed by atoms with E-state index in [0.717, 1.165) is 41.9 Å². The molecule has 1 saturated heterocycles. The number of rotatable bonds is 4. The van der Waals surface area contributed by atoms with Crippen LogP contribution in [0, 0.1) is 5.41 Å². The van der Waals surface area contributed by atoms with Gasteiger partial charge in [0, 0.05) is 6.54 Å². The molecule has 0 bridgehead atoms. The van der Waals surface area contributed by atoms with E-state index in [9.17, 15) is 4.79 Å². The first-order chi connectivity index (χ1) is 10.6. The predicted molar refractivity (Wildman–Crippen MR) is 96.9 cm³/mol. The molecule has 5 nitrogen and oxygen atoms in total. The molecule has 1 aromatic carbocycles. The van der Waals surface area contributed by atoms with E-state index in [1.54, 1.807) is 0 Å². The number of nitrogens with one attached hydrogen (secondary N) is 2. The van der Waals surface area contributed by atoms with Gasteiger partial charge in [0.05, 0.1) is 22.2 Å². The Morgan fingerprint density at radius 2 is 2.35 bits per heavy atom. The molecule has 1 aliphatic rings. The topological polar surface area (TPSA) is 63.2 Å². The number of thiazole rings is 1. The van der Waals surface area contributed by atoms with Crippen LogP contribution in [0.4, 0.5) is 5.13 Å². The minimum absolute atomic E-state index is 0. The van der Waals surface area contributed by atoms with Crippen LogP contribution in [-0.4, -0.2) is 30.6 Å². The van der Waals surface area contributed by atoms with Crippen LogP contribution >= 0.6 is 23.7 Å². The highest BCUT2D eigenvalue weighted by Crippen LogP contribution is 2.32. The maximum Gasteiger partial charge on any atom is 0.233 e. The number of halogens is 1. The molecular formula is C16H22ClN3O2S. The Kier molecular flexibility index (Phi) is 5.84. The van der Waals surface area contributed by atoms with E-state index in [2.05, 4.69) is 15.6 Å². The van der Waals surface area contributed by atoms with Gasteiger partial charge in [0.1, 0.15) is 5.75 Å². The quantitative estimate of drug-likeness (QED) is 0.881. The lowest BCUT2D eigenvalue weighted by Gasteiger charge is -2.32. The summed E-state index contributed by atoms with van der Waals surface area (Å²) >= 11 is 1.48. The summed E-state index contributed by atoms with van der Waals surface area (Å²) in [4.78, 5) is 17.0. The first-order valence-electron chi connectivity index (χ1n) is 7.66. The van der Waals surface area contributed by atoms with Crippen molar-refractivity contribution in [1.82, 2.24) is 10.3 Å². The van der Waals surface area contributed by atoms with Crippen molar-refractivity contribution in [3.05, 3.63) is 18.2 Å². The van der Waals surface area contributed by atoms with Crippen LogP contribution in [0.5, 0.6) is 5.75 Å². The number of piperidine rings is 1. The van der Waals surface area contributed by atoms with Crippen LogP contribution in [-0.2, 0) is 4.79 Å². The molecule has 126 valence electrons. The molecule has 2 heterocycles. The minimum atomic E-state index is -0.355. The Morgan fingerprint density at radius 3 is 3.04 bits per heavy atom. The van der Waals surface area contributed by atoms with Gasteiger partial charge in [0.25, 0.3) is 0 Å². The zero-order valence-electron chi connectivity index (χ0n) is 13.3. The van der Waals surface area contributed by atoms with Gasteiger partial charge in [0.2, 0.25) is 5.91 Å². The second-order valence-corrected chi connectivity index (χ2v) is 6.91. The zero-order chi connectivity index (χ0) is 15.6. The molecule has 1 amide bonds. The smallest absolute Gasteiger partial charge is 0.233 e. The molecule has 7 heteroatoms. The highest BCUT2D eigenvalue weighted by molar-refractivity contribution is 7.22. The summed E-state index contributed by atoms with van der Waals surface area (Å²) < 4.78 is 6.52. The number of anilines is 1. The second kappa shape index (κ2) is 7.47. The second-order valence-electron chi connectivity index (χ2n) is 5.88. The summed E-state index contributed by atoms with van der Waals surface area (Å²) in [6.07, 6.45) is 1.94. The van der Waals surface area contributed by atoms with Gasteiger partial charge in [-0.3, -0.25) is 4.79 Å². The van der Waals surface area contributed by atoms with E-state index in [4.69, 9.17) is 4.74 Å². The van der Waals surface area contributed by atoms with E-state index in [1.807, 2.05) is 32.0 Å². The lowest BCUT2D eigenvalue weighted by molar-refractivity contribution is -0.125. The van der Waals surface area contributed by atoms with Crippen molar-refractivity contribution < 1.29 is 9.53 Å². The molecule has 1 aromatic heterocycles. The number of amides is 1. The Bertz CT molecular complexity index is 683. The molecule has 1 aliphatic heterocycles. The number of aromatic nitrogens is 1. The summed E-state index contributed by atoms with van der Waals surface area (Å²) in [5.41, 5.74) is 0.530. The van der Waals surface area contributed by atoms with Crippen molar-refractivity contribution in [2.75, 3.05) is 25.0 Å². The predicted octanol–water partition coefficient (Wildman–Crippen LogP) is 3.45. The molecule has 0 radical (unpaired) electrons. The van der Waals surface area contributed by atoms with E-state index in [0.29, 0.717) is 11.7 Å². The summed E-state index contributed by atoms with van der Waals surface area (Å²) in [5, 5.41) is 6.93. The van der Waals surface area contributed by atoms with Crippen LogP contribution in [0.25, 0.3) is 10.2 Å². The van der Waals surface area contributed by atoms with Crippen molar-refractivity contribution in [1.29, 1.82) is 0 Å². The maximum absolute atomic E-state index is 12.5. The monoisotopic (exact) mass is 355 g/mol. The molecule has 0 aliphatic carbocycles. The fraction of sp³-hybridized carbons (Fsp3) is 0.500. The van der Waals surface area contributed by atoms with E-state index < -0.39 is 0 Å². The third-order valence-electron chi connectivity index (χ3n) is 4.04. The van der Waals surface area contributed by atoms with Crippen LogP contribution in [0.15, 0.2) is 18.2 Å². The third kappa shape index (κ3) is 3.94. The number of benzene rings is 1. The third-order valence-corrected chi connectivity index (χ3v) is 4.97. The summed E-state index contributed by atoms with van der Waals surface area (Å²) in [5.74, 6) is 0.878. The van der Waals surface area contributed by atoms with Crippen LogP contribution in [0.2, 0.25) is 0 Å². The Morgan fingerprint density at radius 1 is 1.52 bits per heavy atom. The number of hydrogen-bond donors (Lipinski definition) is 2. The first kappa shape index (κ1) is 18.0. The molecule has 0 saturated carbocycles. The standard InChI is InChI=1S/C16H21N3O2S.ClH/c1-3-21-11-5-6-12-13(9-11)22-15(18-12)19-14(20)16(2)7-4-8-17-10-16;/h5-6,9,17H,3-4,7-8,10H2,1-2H3,(H,18,19,20);1H. The number of hydrogen-bond acceptors (Lipinski definition) is 5. The summed E-state index contributed by atoms with van der Waals surface area (Å²) in [6, 6.07) is 5.80. The van der Waals surface area contributed by atoms with Crippen molar-refractivity contribution in [2.24, 2.45) is 5.41 Å². The van der Waals surface area contributed by atoms with Gasteiger partial charge in [-0.05, 0) is 51.4 Å².